The van der Waals surface area contributed by atoms with Crippen molar-refractivity contribution in [1.82, 2.24) is 19.9 Å². The Bertz CT molecular complexity index is 2850. The number of nitrogens with zero attached hydrogens (tertiary/aromatic N) is 4. The molecular formula is C46H32N6Na2O6S6. The van der Waals surface area contributed by atoms with E-state index in [1.807, 2.05) is 121 Å². The van der Waals surface area contributed by atoms with E-state index in [1.54, 1.807) is 24.3 Å². The zero-order chi connectivity index (χ0) is 44.5. The van der Waals surface area contributed by atoms with Gasteiger partial charge in [-0.05, 0) is 107 Å². The van der Waals surface area contributed by atoms with E-state index in [-0.39, 0.29) is 81.6 Å². The van der Waals surface area contributed by atoms with Gasteiger partial charge in [-0.3, -0.25) is 0 Å². The molecule has 0 aliphatic carbocycles. The predicted octanol–water partition coefficient (Wildman–Crippen LogP) is 5.35. The van der Waals surface area contributed by atoms with Gasteiger partial charge in [0, 0.05) is 43.1 Å². The largest absolute Gasteiger partial charge is 1.00 e. The van der Waals surface area contributed by atoms with Gasteiger partial charge in [0.2, 0.25) is 0 Å². The summed E-state index contributed by atoms with van der Waals surface area (Å²) in [5, 5.41) is 8.35. The van der Waals surface area contributed by atoms with E-state index in [0.29, 0.717) is 32.0 Å². The first kappa shape index (κ1) is 51.4. The number of hydrogen-bond acceptors (Lipinski definition) is 16. The van der Waals surface area contributed by atoms with Crippen molar-refractivity contribution in [3.8, 4) is 0 Å². The van der Waals surface area contributed by atoms with Crippen molar-refractivity contribution in [2.45, 2.75) is 49.7 Å². The van der Waals surface area contributed by atoms with Crippen LogP contribution in [-0.4, -0.2) is 45.9 Å². The predicted molar refractivity (Wildman–Crippen MR) is 251 cm³/mol. The topological polar surface area (TPSA) is 190 Å². The number of benzene rings is 6. The molecule has 0 unspecified atom stereocenters. The second-order valence-corrected chi connectivity index (χ2v) is 20.4. The van der Waals surface area contributed by atoms with Crippen LogP contribution in [0.15, 0.2) is 220 Å². The third-order valence-electron chi connectivity index (χ3n) is 8.75. The fourth-order valence-corrected chi connectivity index (χ4v) is 10.7. The molecule has 0 fully saturated rings. The summed E-state index contributed by atoms with van der Waals surface area (Å²) < 4.78 is 76.0. The first-order valence-electron chi connectivity index (χ1n) is 19.0. The Kier molecular flexibility index (Phi) is 18.6. The number of rotatable bonds is 16. The van der Waals surface area contributed by atoms with Crippen LogP contribution in [-0.2, 0) is 20.2 Å². The summed E-state index contributed by atoms with van der Waals surface area (Å²) in [6.45, 7) is 0. The molecule has 2 N–H and O–H groups in total. The van der Waals surface area contributed by atoms with Crippen molar-refractivity contribution in [2.75, 3.05) is 10.6 Å². The van der Waals surface area contributed by atoms with Gasteiger partial charge >= 0.3 is 59.1 Å². The summed E-state index contributed by atoms with van der Waals surface area (Å²) in [5.74, 6) is 0.699. The van der Waals surface area contributed by atoms with Gasteiger partial charge in [0.05, 0.1) is 9.79 Å². The number of anilines is 4. The summed E-state index contributed by atoms with van der Waals surface area (Å²) in [6, 6.07) is 50.1. The zero-order valence-electron chi connectivity index (χ0n) is 35.0. The molecule has 0 bridgehead atoms. The Morgan fingerprint density at radius 1 is 0.409 bits per heavy atom. The van der Waals surface area contributed by atoms with E-state index in [0.717, 1.165) is 19.6 Å². The molecule has 320 valence electrons. The zero-order valence-corrected chi connectivity index (χ0v) is 43.9. The van der Waals surface area contributed by atoms with Crippen LogP contribution in [0.4, 0.5) is 23.0 Å². The SMILES string of the molecule is O=S(=O)([O-])c1cc(Nc2cc(Sc3ccccc3)nc(Sc3ccccc3)n2)ccc1/C=C/c1ccc(Nc2cc(Sc3ccccc3)nc(Sc3ccccc3)n2)cc1S(=O)(=O)[O-].[Na+].[Na+]. The van der Waals surface area contributed by atoms with E-state index in [1.165, 1.54) is 83.5 Å². The quantitative estimate of drug-likeness (QED) is 0.0414. The van der Waals surface area contributed by atoms with Gasteiger partial charge in [0.1, 0.15) is 41.9 Å². The van der Waals surface area contributed by atoms with E-state index >= 15 is 0 Å². The summed E-state index contributed by atoms with van der Waals surface area (Å²) >= 11 is 5.54. The fraction of sp³-hybridized carbons (Fsp3) is 0. The monoisotopic (exact) mass is 1000 g/mol. The van der Waals surface area contributed by atoms with Crippen LogP contribution in [0.3, 0.4) is 0 Å². The van der Waals surface area contributed by atoms with Crippen molar-refractivity contribution in [3.63, 3.8) is 0 Å². The van der Waals surface area contributed by atoms with E-state index in [9.17, 15) is 25.9 Å². The molecule has 0 radical (unpaired) electrons. The van der Waals surface area contributed by atoms with Crippen molar-refractivity contribution >= 4 is 102 Å². The molecule has 8 aromatic rings. The molecule has 8 rings (SSSR count). The Labute approximate surface area is 443 Å². The van der Waals surface area contributed by atoms with Gasteiger partial charge < -0.3 is 19.7 Å². The smallest absolute Gasteiger partial charge is 0.744 e. The third-order valence-corrected chi connectivity index (χ3v) is 14.1. The first-order chi connectivity index (χ1) is 30.9. The third kappa shape index (κ3) is 14.8. The molecule has 2 aromatic heterocycles. The van der Waals surface area contributed by atoms with Crippen molar-refractivity contribution in [1.29, 1.82) is 0 Å². The van der Waals surface area contributed by atoms with Crippen LogP contribution >= 0.6 is 47.0 Å². The Morgan fingerprint density at radius 3 is 1.05 bits per heavy atom. The molecule has 0 atom stereocenters. The molecule has 6 aromatic carbocycles. The Morgan fingerprint density at radius 2 is 0.727 bits per heavy atom. The maximum Gasteiger partial charge on any atom is 1.00 e. The van der Waals surface area contributed by atoms with Crippen LogP contribution < -0.4 is 69.7 Å². The van der Waals surface area contributed by atoms with Gasteiger partial charge in [-0.15, -0.1) is 0 Å². The van der Waals surface area contributed by atoms with Gasteiger partial charge in [0.15, 0.2) is 10.3 Å². The van der Waals surface area contributed by atoms with E-state index < -0.39 is 30.0 Å². The second kappa shape index (κ2) is 23.9. The minimum atomic E-state index is -5.07. The maximum atomic E-state index is 12.7. The van der Waals surface area contributed by atoms with Crippen LogP contribution in [0.2, 0.25) is 0 Å². The molecule has 2 heterocycles. The summed E-state index contributed by atoms with van der Waals surface area (Å²) in [7, 11) is -10.1. The van der Waals surface area contributed by atoms with Crippen LogP contribution in [0.5, 0.6) is 0 Å². The van der Waals surface area contributed by atoms with Crippen molar-refractivity contribution < 1.29 is 85.1 Å². The minimum absolute atomic E-state index is 0. The molecule has 12 nitrogen and oxygen atoms in total. The van der Waals surface area contributed by atoms with Crippen LogP contribution in [0.1, 0.15) is 11.1 Å². The second-order valence-electron chi connectivity index (χ2n) is 13.4. The van der Waals surface area contributed by atoms with Crippen LogP contribution in [0.25, 0.3) is 12.2 Å². The average molecular weight is 1000 g/mol. The minimum Gasteiger partial charge on any atom is -0.744 e. The summed E-state index contributed by atoms with van der Waals surface area (Å²) in [6.07, 6.45) is 2.54. The number of hydrogen-bond donors (Lipinski definition) is 2. The van der Waals surface area contributed by atoms with Gasteiger partial charge in [-0.1, -0.05) is 121 Å². The molecule has 0 amide bonds. The van der Waals surface area contributed by atoms with Gasteiger partial charge in [-0.25, -0.2) is 36.8 Å². The molecule has 66 heavy (non-hydrogen) atoms. The normalized spacial score (nSPS) is 11.4. The van der Waals surface area contributed by atoms with Crippen molar-refractivity contribution in [2.24, 2.45) is 0 Å². The van der Waals surface area contributed by atoms with Crippen LogP contribution in [0, 0.1) is 0 Å². The molecule has 20 heteroatoms. The fourth-order valence-electron chi connectivity index (χ4n) is 5.95. The van der Waals surface area contributed by atoms with Gasteiger partial charge in [-0.2, -0.15) is 0 Å². The summed E-state index contributed by atoms with van der Waals surface area (Å²) in [5.41, 5.74) is 0.423. The molecule has 0 aliphatic heterocycles. The maximum absolute atomic E-state index is 12.7. The van der Waals surface area contributed by atoms with E-state index in [4.69, 9.17) is 9.97 Å². The molecular weight excluding hydrogens is 971 g/mol. The number of aromatic nitrogens is 4. The standard InChI is InChI=1S/C46H34N6O6S6.2Na/c53-63(54,55)39-27-33(47-41-29-43(59-35-13-5-1-6-14-35)51-45(49-41)61-37-17-9-3-10-18-37)25-23-31(39)21-22-32-24-26-34(28-40(32)64(56,57)58)48-42-30-44(60-36-15-7-2-8-16-36)52-46(50-42)62-38-19-11-4-12-20-38;;/h1-30H,(H,47,49,51)(H,48,50,52)(H,53,54,55)(H,56,57,58);;/q;2*+1/p-2/b22-21+;;. The molecule has 0 saturated heterocycles. The Hall–Kier alpha value is -3.96. The van der Waals surface area contributed by atoms with E-state index in [2.05, 4.69) is 20.6 Å². The summed E-state index contributed by atoms with van der Waals surface area (Å²) in [4.78, 5) is 21.3. The molecule has 0 spiro atoms. The first-order valence-corrected chi connectivity index (χ1v) is 25.1. The average Bonchev–Trinajstić information content (AvgIpc) is 3.27. The van der Waals surface area contributed by atoms with Gasteiger partial charge in [0.25, 0.3) is 0 Å². The van der Waals surface area contributed by atoms with Crippen molar-refractivity contribution in [3.05, 3.63) is 181 Å². The molecule has 0 saturated carbocycles. The Balaban J connectivity index is 0.00000360. The number of nitrogens with one attached hydrogen (secondary N) is 2. The molecule has 0 aliphatic rings.